The Labute approximate surface area is 131 Å². The molecule has 1 saturated heterocycles. The van der Waals surface area contributed by atoms with Crippen molar-refractivity contribution >= 4 is 17.0 Å². The SMILES string of the molecule is CC(C)(Cc1ccc2cc[nH]c2c1)OC(=O)N1CCCCC1. The zero-order valence-electron chi connectivity index (χ0n) is 13.4. The van der Waals surface area contributed by atoms with Crippen LogP contribution in [0.4, 0.5) is 4.79 Å². The lowest BCUT2D eigenvalue weighted by Crippen LogP contribution is -2.41. The maximum atomic E-state index is 12.3. The number of amides is 1. The predicted octanol–water partition coefficient (Wildman–Crippen LogP) is 4.11. The number of benzene rings is 1. The molecule has 0 unspecified atom stereocenters. The minimum atomic E-state index is -0.505. The van der Waals surface area contributed by atoms with Crippen LogP contribution in [-0.4, -0.2) is 34.7 Å². The smallest absolute Gasteiger partial charge is 0.410 e. The number of piperidine rings is 1. The van der Waals surface area contributed by atoms with Gasteiger partial charge in [0.15, 0.2) is 0 Å². The number of nitrogens with zero attached hydrogens (tertiary/aromatic N) is 1. The van der Waals surface area contributed by atoms with Gasteiger partial charge in [0.1, 0.15) is 5.60 Å². The van der Waals surface area contributed by atoms with Crippen LogP contribution in [-0.2, 0) is 11.2 Å². The molecule has 0 aliphatic carbocycles. The molecule has 1 aliphatic heterocycles. The number of hydrogen-bond donors (Lipinski definition) is 1. The van der Waals surface area contributed by atoms with Gasteiger partial charge in [-0.2, -0.15) is 0 Å². The quantitative estimate of drug-likeness (QED) is 0.927. The van der Waals surface area contributed by atoms with E-state index in [2.05, 4.69) is 29.2 Å². The number of carbonyl (C=O) groups is 1. The first-order chi connectivity index (χ1) is 10.5. The molecule has 4 nitrogen and oxygen atoms in total. The van der Waals surface area contributed by atoms with Crippen LogP contribution >= 0.6 is 0 Å². The van der Waals surface area contributed by atoms with Gasteiger partial charge in [0.05, 0.1) is 0 Å². The molecule has 1 N–H and O–H groups in total. The number of aromatic amines is 1. The summed E-state index contributed by atoms with van der Waals surface area (Å²) in [6.45, 7) is 5.61. The Morgan fingerprint density at radius 2 is 2.00 bits per heavy atom. The summed E-state index contributed by atoms with van der Waals surface area (Å²) in [6, 6.07) is 8.39. The summed E-state index contributed by atoms with van der Waals surface area (Å²) < 4.78 is 5.75. The second-order valence-electron chi connectivity index (χ2n) is 6.75. The summed E-state index contributed by atoms with van der Waals surface area (Å²) in [5, 5.41) is 1.20. The van der Waals surface area contributed by atoms with Gasteiger partial charge in [-0.05, 0) is 56.2 Å². The number of carbonyl (C=O) groups excluding carboxylic acids is 1. The van der Waals surface area contributed by atoms with Crippen molar-refractivity contribution in [2.75, 3.05) is 13.1 Å². The number of aromatic nitrogens is 1. The largest absolute Gasteiger partial charge is 0.443 e. The number of ether oxygens (including phenoxy) is 1. The Balaban J connectivity index is 1.65. The van der Waals surface area contributed by atoms with Crippen molar-refractivity contribution in [3.63, 3.8) is 0 Å². The highest BCUT2D eigenvalue weighted by Crippen LogP contribution is 2.22. The summed E-state index contributed by atoms with van der Waals surface area (Å²) in [5.41, 5.74) is 1.79. The van der Waals surface area contributed by atoms with Crippen molar-refractivity contribution in [2.24, 2.45) is 0 Å². The number of hydrogen-bond acceptors (Lipinski definition) is 2. The van der Waals surface area contributed by atoms with Gasteiger partial charge in [-0.25, -0.2) is 4.79 Å². The fraction of sp³-hybridized carbons (Fsp3) is 0.500. The van der Waals surface area contributed by atoms with Crippen LogP contribution in [0.1, 0.15) is 38.7 Å². The maximum Gasteiger partial charge on any atom is 0.410 e. The van der Waals surface area contributed by atoms with Gasteiger partial charge in [0, 0.05) is 31.2 Å². The standard InChI is InChI=1S/C18H24N2O2/c1-18(2,22-17(21)20-10-4-3-5-11-20)13-14-6-7-15-8-9-19-16(15)12-14/h6-9,12,19H,3-5,10-11,13H2,1-2H3. The Morgan fingerprint density at radius 1 is 1.23 bits per heavy atom. The molecule has 1 aromatic carbocycles. The highest BCUT2D eigenvalue weighted by molar-refractivity contribution is 5.79. The van der Waals surface area contributed by atoms with Crippen LogP contribution in [0, 0.1) is 0 Å². The number of nitrogens with one attached hydrogen (secondary N) is 1. The Bertz CT molecular complexity index is 654. The molecule has 0 saturated carbocycles. The molecule has 0 bridgehead atoms. The number of H-pyrrole nitrogens is 1. The van der Waals surface area contributed by atoms with E-state index in [0.29, 0.717) is 6.42 Å². The van der Waals surface area contributed by atoms with Crippen molar-refractivity contribution in [3.05, 3.63) is 36.0 Å². The van der Waals surface area contributed by atoms with Crippen LogP contribution in [0.2, 0.25) is 0 Å². The highest BCUT2D eigenvalue weighted by Gasteiger charge is 2.27. The van der Waals surface area contributed by atoms with Gasteiger partial charge in [-0.3, -0.25) is 0 Å². The first kappa shape index (κ1) is 14.9. The molecule has 3 rings (SSSR count). The number of rotatable bonds is 3. The van der Waals surface area contributed by atoms with E-state index in [9.17, 15) is 4.79 Å². The molecule has 4 heteroatoms. The van der Waals surface area contributed by atoms with E-state index in [-0.39, 0.29) is 6.09 Å². The second kappa shape index (κ2) is 6.03. The van der Waals surface area contributed by atoms with Gasteiger partial charge in [-0.1, -0.05) is 12.1 Å². The lowest BCUT2D eigenvalue weighted by molar-refractivity contribution is 0.0109. The monoisotopic (exact) mass is 300 g/mol. The fourth-order valence-corrected chi connectivity index (χ4v) is 3.11. The zero-order chi connectivity index (χ0) is 15.6. The fourth-order valence-electron chi connectivity index (χ4n) is 3.11. The van der Waals surface area contributed by atoms with Crippen LogP contribution < -0.4 is 0 Å². The number of likely N-dealkylation sites (tertiary alicyclic amines) is 1. The molecule has 1 amide bonds. The van der Waals surface area contributed by atoms with Gasteiger partial charge in [0.25, 0.3) is 0 Å². The molecule has 2 heterocycles. The van der Waals surface area contributed by atoms with Gasteiger partial charge < -0.3 is 14.6 Å². The maximum absolute atomic E-state index is 12.3. The van der Waals surface area contributed by atoms with Crippen molar-refractivity contribution in [1.29, 1.82) is 0 Å². The Hall–Kier alpha value is -1.97. The lowest BCUT2D eigenvalue weighted by atomic mass is 9.97. The molecule has 22 heavy (non-hydrogen) atoms. The summed E-state index contributed by atoms with van der Waals surface area (Å²) in [5.74, 6) is 0. The van der Waals surface area contributed by atoms with Crippen LogP contribution in [0.3, 0.4) is 0 Å². The van der Waals surface area contributed by atoms with Crippen molar-refractivity contribution in [3.8, 4) is 0 Å². The minimum Gasteiger partial charge on any atom is -0.443 e. The molecule has 118 valence electrons. The third kappa shape index (κ3) is 3.43. The van der Waals surface area contributed by atoms with E-state index in [1.165, 1.54) is 17.4 Å². The van der Waals surface area contributed by atoms with E-state index >= 15 is 0 Å². The third-order valence-corrected chi connectivity index (χ3v) is 4.23. The molecular weight excluding hydrogens is 276 g/mol. The topological polar surface area (TPSA) is 45.3 Å². The van der Waals surface area contributed by atoms with E-state index in [1.54, 1.807) is 0 Å². The van der Waals surface area contributed by atoms with Crippen LogP contribution in [0.5, 0.6) is 0 Å². The average molecular weight is 300 g/mol. The average Bonchev–Trinajstić information content (AvgIpc) is 2.94. The lowest BCUT2D eigenvalue weighted by Gasteiger charge is -2.31. The normalized spacial score (nSPS) is 16.0. The Morgan fingerprint density at radius 3 is 2.77 bits per heavy atom. The van der Waals surface area contributed by atoms with Crippen molar-refractivity contribution in [2.45, 2.75) is 45.1 Å². The second-order valence-corrected chi connectivity index (χ2v) is 6.75. The van der Waals surface area contributed by atoms with Crippen molar-refractivity contribution in [1.82, 2.24) is 9.88 Å². The highest BCUT2D eigenvalue weighted by atomic mass is 16.6. The first-order valence-electron chi connectivity index (χ1n) is 8.07. The molecule has 2 aromatic rings. The predicted molar refractivity (Wildman–Crippen MR) is 88.0 cm³/mol. The molecule has 0 atom stereocenters. The molecule has 0 radical (unpaired) electrons. The molecule has 0 spiro atoms. The van der Waals surface area contributed by atoms with Gasteiger partial charge in [-0.15, -0.1) is 0 Å². The molecule has 1 aromatic heterocycles. The zero-order valence-corrected chi connectivity index (χ0v) is 13.4. The van der Waals surface area contributed by atoms with E-state index < -0.39 is 5.60 Å². The molecular formula is C18H24N2O2. The van der Waals surface area contributed by atoms with Gasteiger partial charge in [0.2, 0.25) is 0 Å². The molecule has 1 aliphatic rings. The van der Waals surface area contributed by atoms with E-state index in [1.807, 2.05) is 24.9 Å². The van der Waals surface area contributed by atoms with Gasteiger partial charge >= 0.3 is 6.09 Å². The Kier molecular flexibility index (Phi) is 4.10. The van der Waals surface area contributed by atoms with E-state index in [4.69, 9.17) is 4.74 Å². The summed E-state index contributed by atoms with van der Waals surface area (Å²) >= 11 is 0. The third-order valence-electron chi connectivity index (χ3n) is 4.23. The minimum absolute atomic E-state index is 0.175. The van der Waals surface area contributed by atoms with Crippen LogP contribution in [0.25, 0.3) is 10.9 Å². The summed E-state index contributed by atoms with van der Waals surface area (Å²) in [4.78, 5) is 17.3. The van der Waals surface area contributed by atoms with E-state index in [0.717, 1.165) is 31.4 Å². The number of fused-ring (bicyclic) bond motifs is 1. The first-order valence-corrected chi connectivity index (χ1v) is 8.07. The summed E-state index contributed by atoms with van der Waals surface area (Å²) in [6.07, 6.45) is 5.85. The van der Waals surface area contributed by atoms with Crippen molar-refractivity contribution < 1.29 is 9.53 Å². The van der Waals surface area contributed by atoms with Crippen LogP contribution in [0.15, 0.2) is 30.5 Å². The summed E-state index contributed by atoms with van der Waals surface area (Å²) in [7, 11) is 0. The molecule has 1 fully saturated rings.